The van der Waals surface area contributed by atoms with Crippen molar-refractivity contribution in [1.82, 2.24) is 5.32 Å². The first-order valence-electron chi connectivity index (χ1n) is 3.64. The third-order valence-corrected chi connectivity index (χ3v) is 1.09. The third-order valence-electron chi connectivity index (χ3n) is 1.09. The Balaban J connectivity index is 3.10. The molecule has 0 heterocycles. The lowest BCUT2D eigenvalue weighted by Crippen LogP contribution is -2.14. The Kier molecular flexibility index (Phi) is 6.37. The molecule has 1 N–H and O–H groups in total. The van der Waals surface area contributed by atoms with E-state index in [-0.39, 0.29) is 5.97 Å². The minimum Gasteiger partial charge on any atom is -0.466 e. The molecule has 0 aliphatic rings. The van der Waals surface area contributed by atoms with E-state index in [1.54, 1.807) is 6.92 Å². The van der Waals surface area contributed by atoms with E-state index < -0.39 is 0 Å². The summed E-state index contributed by atoms with van der Waals surface area (Å²) in [6, 6.07) is 0. The van der Waals surface area contributed by atoms with Crippen molar-refractivity contribution in [2.24, 2.45) is 0 Å². The van der Waals surface area contributed by atoms with E-state index >= 15 is 0 Å². The molecule has 0 bridgehead atoms. The van der Waals surface area contributed by atoms with E-state index in [4.69, 9.17) is 0 Å². The second kappa shape index (κ2) is 7.05. The van der Waals surface area contributed by atoms with Crippen LogP contribution in [0, 0.1) is 0 Å². The van der Waals surface area contributed by atoms with Gasteiger partial charge in [-0.3, -0.25) is 9.59 Å². The first kappa shape index (κ1) is 9.94. The van der Waals surface area contributed by atoms with Gasteiger partial charge in [0, 0.05) is 13.0 Å². The van der Waals surface area contributed by atoms with E-state index in [9.17, 15) is 9.59 Å². The Labute approximate surface area is 65.9 Å². The highest BCUT2D eigenvalue weighted by Gasteiger charge is 1.98. The van der Waals surface area contributed by atoms with Gasteiger partial charge >= 0.3 is 5.97 Å². The molecule has 0 aromatic carbocycles. The first-order valence-corrected chi connectivity index (χ1v) is 3.64. The number of ether oxygens (including phenoxy) is 1. The predicted molar refractivity (Wildman–Crippen MR) is 39.9 cm³/mol. The van der Waals surface area contributed by atoms with Gasteiger partial charge in [-0.15, -0.1) is 0 Å². The van der Waals surface area contributed by atoms with Crippen LogP contribution in [0.3, 0.4) is 0 Å². The summed E-state index contributed by atoms with van der Waals surface area (Å²) in [5, 5.41) is 2.46. The molecule has 0 atom stereocenters. The number of hydrogen-bond donors (Lipinski definition) is 1. The van der Waals surface area contributed by atoms with E-state index in [1.807, 2.05) is 0 Å². The van der Waals surface area contributed by atoms with Gasteiger partial charge in [-0.05, 0) is 13.3 Å². The summed E-state index contributed by atoms with van der Waals surface area (Å²) in [6.07, 6.45) is 1.62. The molecular weight excluding hydrogens is 146 g/mol. The van der Waals surface area contributed by atoms with Crippen LogP contribution in [0.5, 0.6) is 0 Å². The largest absolute Gasteiger partial charge is 0.466 e. The summed E-state index contributed by atoms with van der Waals surface area (Å²) in [6.45, 7) is 2.71. The van der Waals surface area contributed by atoms with Crippen molar-refractivity contribution in [3.8, 4) is 0 Å². The maximum absolute atomic E-state index is 10.7. The van der Waals surface area contributed by atoms with E-state index in [2.05, 4.69) is 10.1 Å². The molecule has 0 unspecified atom stereocenters. The zero-order valence-corrected chi connectivity index (χ0v) is 6.63. The van der Waals surface area contributed by atoms with Crippen LogP contribution in [0.1, 0.15) is 19.8 Å². The summed E-state index contributed by atoms with van der Waals surface area (Å²) in [7, 11) is 0. The van der Waals surface area contributed by atoms with Gasteiger partial charge in [0.05, 0.1) is 6.61 Å². The average Bonchev–Trinajstić information content (AvgIpc) is 1.99. The molecule has 0 aromatic rings. The molecule has 0 radical (unpaired) electrons. The fourth-order valence-electron chi connectivity index (χ4n) is 0.627. The molecule has 1 amide bonds. The second-order valence-corrected chi connectivity index (χ2v) is 1.98. The predicted octanol–water partition coefficient (Wildman–Crippen LogP) is 0.0757. The summed E-state index contributed by atoms with van der Waals surface area (Å²) >= 11 is 0. The van der Waals surface area contributed by atoms with Crippen molar-refractivity contribution in [3.63, 3.8) is 0 Å². The van der Waals surface area contributed by atoms with E-state index in [0.29, 0.717) is 32.4 Å². The number of nitrogens with one attached hydrogen (secondary N) is 1. The van der Waals surface area contributed by atoms with Crippen molar-refractivity contribution in [2.45, 2.75) is 19.8 Å². The van der Waals surface area contributed by atoms with Crippen LogP contribution >= 0.6 is 0 Å². The van der Waals surface area contributed by atoms with Gasteiger partial charge in [0.25, 0.3) is 0 Å². The molecule has 11 heavy (non-hydrogen) atoms. The molecular formula is C7H13NO3. The smallest absolute Gasteiger partial charge is 0.305 e. The molecule has 4 heteroatoms. The lowest BCUT2D eigenvalue weighted by atomic mass is 10.3. The van der Waals surface area contributed by atoms with Gasteiger partial charge in [-0.25, -0.2) is 0 Å². The topological polar surface area (TPSA) is 55.4 Å². The van der Waals surface area contributed by atoms with Crippen molar-refractivity contribution in [3.05, 3.63) is 0 Å². The van der Waals surface area contributed by atoms with Crippen LogP contribution in [0.25, 0.3) is 0 Å². The van der Waals surface area contributed by atoms with Crippen LogP contribution in [-0.4, -0.2) is 25.5 Å². The highest BCUT2D eigenvalue weighted by Crippen LogP contribution is 1.90. The number of amides is 1. The van der Waals surface area contributed by atoms with Gasteiger partial charge in [-0.1, -0.05) is 0 Å². The number of hydrogen-bond acceptors (Lipinski definition) is 3. The second-order valence-electron chi connectivity index (χ2n) is 1.98. The number of esters is 1. The molecule has 0 rings (SSSR count). The number of carbonyl (C=O) groups excluding carboxylic acids is 2. The van der Waals surface area contributed by atoms with Crippen molar-refractivity contribution < 1.29 is 14.3 Å². The zero-order valence-electron chi connectivity index (χ0n) is 6.63. The number of carbonyl (C=O) groups is 2. The van der Waals surface area contributed by atoms with E-state index in [1.165, 1.54) is 0 Å². The summed E-state index contributed by atoms with van der Waals surface area (Å²) < 4.78 is 4.67. The summed E-state index contributed by atoms with van der Waals surface area (Å²) in [5.41, 5.74) is 0. The summed E-state index contributed by atoms with van der Waals surface area (Å²) in [5.74, 6) is -0.208. The van der Waals surface area contributed by atoms with Gasteiger partial charge in [-0.2, -0.15) is 0 Å². The highest BCUT2D eigenvalue weighted by atomic mass is 16.5. The van der Waals surface area contributed by atoms with Gasteiger partial charge in [0.2, 0.25) is 6.41 Å². The van der Waals surface area contributed by atoms with E-state index in [0.717, 1.165) is 0 Å². The standard InChI is InChI=1S/C7H13NO3/c1-2-11-7(10)4-3-5-8-6-9/h6H,2-5H2,1H3,(H,8,9). The lowest BCUT2D eigenvalue weighted by molar-refractivity contribution is -0.143. The first-order chi connectivity index (χ1) is 5.31. The molecule has 64 valence electrons. The Morgan fingerprint density at radius 2 is 2.36 bits per heavy atom. The molecule has 0 aliphatic heterocycles. The SMILES string of the molecule is CCOC(=O)CCCNC=O. The highest BCUT2D eigenvalue weighted by molar-refractivity contribution is 5.69. The number of rotatable bonds is 6. The van der Waals surface area contributed by atoms with Crippen LogP contribution in [0.2, 0.25) is 0 Å². The molecule has 4 nitrogen and oxygen atoms in total. The maximum atomic E-state index is 10.7. The van der Waals surface area contributed by atoms with Crippen LogP contribution in [-0.2, 0) is 14.3 Å². The average molecular weight is 159 g/mol. The van der Waals surface area contributed by atoms with Crippen molar-refractivity contribution >= 4 is 12.4 Å². The monoisotopic (exact) mass is 159 g/mol. The molecule has 0 saturated heterocycles. The molecule has 0 spiro atoms. The molecule has 0 fully saturated rings. The quantitative estimate of drug-likeness (QED) is 0.339. The maximum Gasteiger partial charge on any atom is 0.305 e. The normalized spacial score (nSPS) is 8.82. The Bertz CT molecular complexity index is 125. The lowest BCUT2D eigenvalue weighted by Gasteiger charge is -2.00. The van der Waals surface area contributed by atoms with Gasteiger partial charge in [0.15, 0.2) is 0 Å². The Morgan fingerprint density at radius 1 is 1.64 bits per heavy atom. The molecule has 0 saturated carbocycles. The van der Waals surface area contributed by atoms with Gasteiger partial charge in [0.1, 0.15) is 0 Å². The van der Waals surface area contributed by atoms with Crippen molar-refractivity contribution in [2.75, 3.05) is 13.2 Å². The van der Waals surface area contributed by atoms with Gasteiger partial charge < -0.3 is 10.1 Å². The minimum atomic E-state index is -0.208. The zero-order chi connectivity index (χ0) is 8.53. The molecule has 0 aromatic heterocycles. The third kappa shape index (κ3) is 6.83. The van der Waals surface area contributed by atoms with Crippen LogP contribution in [0.4, 0.5) is 0 Å². The molecule has 0 aliphatic carbocycles. The van der Waals surface area contributed by atoms with Crippen LogP contribution in [0.15, 0.2) is 0 Å². The van der Waals surface area contributed by atoms with Crippen molar-refractivity contribution in [1.29, 1.82) is 0 Å². The Hall–Kier alpha value is -1.06. The minimum absolute atomic E-state index is 0.208. The van der Waals surface area contributed by atoms with Crippen LogP contribution < -0.4 is 5.32 Å². The Morgan fingerprint density at radius 3 is 2.91 bits per heavy atom. The fraction of sp³-hybridized carbons (Fsp3) is 0.714. The fourth-order valence-corrected chi connectivity index (χ4v) is 0.627. The summed E-state index contributed by atoms with van der Waals surface area (Å²) in [4.78, 5) is 20.4.